The molecule has 2 rings (SSSR count). The SMILES string of the molecule is CNCC1CCN(S(=O)(=O)NCc2cscc2C)CC1. The van der Waals surface area contributed by atoms with E-state index in [1.807, 2.05) is 24.7 Å². The normalized spacial score (nSPS) is 18.5. The van der Waals surface area contributed by atoms with Crippen LogP contribution in [0.15, 0.2) is 10.8 Å². The third kappa shape index (κ3) is 4.02. The lowest BCUT2D eigenvalue weighted by Gasteiger charge is -2.31. The van der Waals surface area contributed by atoms with Gasteiger partial charge < -0.3 is 5.32 Å². The van der Waals surface area contributed by atoms with E-state index >= 15 is 0 Å². The number of nitrogens with one attached hydrogen (secondary N) is 2. The van der Waals surface area contributed by atoms with Gasteiger partial charge in [-0.25, -0.2) is 0 Å². The van der Waals surface area contributed by atoms with Crippen molar-refractivity contribution in [3.63, 3.8) is 0 Å². The molecule has 0 amide bonds. The Kier molecular flexibility index (Phi) is 5.57. The van der Waals surface area contributed by atoms with E-state index in [-0.39, 0.29) is 0 Å². The Balaban J connectivity index is 1.87. The second-order valence-electron chi connectivity index (χ2n) is 5.31. The lowest BCUT2D eigenvalue weighted by atomic mass is 9.98. The predicted octanol–water partition coefficient (Wildman–Crippen LogP) is 1.32. The van der Waals surface area contributed by atoms with Crippen molar-refractivity contribution in [2.24, 2.45) is 5.92 Å². The second kappa shape index (κ2) is 7.00. The summed E-state index contributed by atoms with van der Waals surface area (Å²) in [4.78, 5) is 0. The highest BCUT2D eigenvalue weighted by atomic mass is 32.2. The number of piperidine rings is 1. The van der Waals surface area contributed by atoms with Crippen molar-refractivity contribution in [3.05, 3.63) is 21.9 Å². The molecular weight excluding hydrogens is 294 g/mol. The van der Waals surface area contributed by atoms with Crippen molar-refractivity contribution in [1.29, 1.82) is 0 Å². The summed E-state index contributed by atoms with van der Waals surface area (Å²) in [6, 6.07) is 0. The first-order valence-corrected chi connectivity index (χ1v) is 9.32. The topological polar surface area (TPSA) is 61.4 Å². The van der Waals surface area contributed by atoms with Gasteiger partial charge in [-0.15, -0.1) is 0 Å². The number of aryl methyl sites for hydroxylation is 1. The van der Waals surface area contributed by atoms with E-state index in [1.165, 1.54) is 0 Å². The van der Waals surface area contributed by atoms with Crippen LogP contribution in [0.5, 0.6) is 0 Å². The van der Waals surface area contributed by atoms with Crippen LogP contribution in [0, 0.1) is 12.8 Å². The molecule has 20 heavy (non-hydrogen) atoms. The van der Waals surface area contributed by atoms with Gasteiger partial charge in [0.15, 0.2) is 0 Å². The van der Waals surface area contributed by atoms with Gasteiger partial charge in [-0.05, 0) is 61.2 Å². The minimum absolute atomic E-state index is 0.383. The fourth-order valence-corrected chi connectivity index (χ4v) is 4.54. The quantitative estimate of drug-likeness (QED) is 0.832. The number of nitrogens with zero attached hydrogens (tertiary/aromatic N) is 1. The molecule has 0 saturated carbocycles. The largest absolute Gasteiger partial charge is 0.319 e. The van der Waals surface area contributed by atoms with E-state index in [1.54, 1.807) is 15.6 Å². The molecule has 0 spiro atoms. The molecule has 1 fully saturated rings. The van der Waals surface area contributed by atoms with Crippen LogP contribution in [0.1, 0.15) is 24.0 Å². The van der Waals surface area contributed by atoms with Gasteiger partial charge >= 0.3 is 0 Å². The van der Waals surface area contributed by atoms with E-state index in [0.717, 1.165) is 30.5 Å². The van der Waals surface area contributed by atoms with Crippen LogP contribution in [-0.2, 0) is 16.8 Å². The maximum Gasteiger partial charge on any atom is 0.279 e. The average Bonchev–Trinajstić information content (AvgIpc) is 2.83. The molecule has 1 aromatic rings. The molecule has 1 aromatic heterocycles. The van der Waals surface area contributed by atoms with Crippen molar-refractivity contribution in [3.8, 4) is 0 Å². The van der Waals surface area contributed by atoms with Crippen LogP contribution in [-0.4, -0.2) is 39.4 Å². The average molecular weight is 317 g/mol. The molecule has 2 N–H and O–H groups in total. The minimum Gasteiger partial charge on any atom is -0.319 e. The molecule has 0 unspecified atom stereocenters. The summed E-state index contributed by atoms with van der Waals surface area (Å²) in [5, 5.41) is 7.19. The van der Waals surface area contributed by atoms with Gasteiger partial charge in [-0.2, -0.15) is 28.8 Å². The fourth-order valence-electron chi connectivity index (χ4n) is 2.47. The van der Waals surface area contributed by atoms with Crippen molar-refractivity contribution in [2.75, 3.05) is 26.7 Å². The van der Waals surface area contributed by atoms with Crippen molar-refractivity contribution in [2.45, 2.75) is 26.3 Å². The van der Waals surface area contributed by atoms with Gasteiger partial charge in [-0.3, -0.25) is 0 Å². The summed E-state index contributed by atoms with van der Waals surface area (Å²) in [6.07, 6.45) is 1.86. The van der Waals surface area contributed by atoms with E-state index in [0.29, 0.717) is 25.6 Å². The van der Waals surface area contributed by atoms with Crippen LogP contribution in [0.3, 0.4) is 0 Å². The van der Waals surface area contributed by atoms with E-state index in [4.69, 9.17) is 0 Å². The fraction of sp³-hybridized carbons (Fsp3) is 0.692. The van der Waals surface area contributed by atoms with Crippen molar-refractivity contribution >= 4 is 21.5 Å². The maximum absolute atomic E-state index is 12.3. The maximum atomic E-state index is 12.3. The predicted molar refractivity (Wildman–Crippen MR) is 83.0 cm³/mol. The zero-order valence-corrected chi connectivity index (χ0v) is 13.7. The summed E-state index contributed by atoms with van der Waals surface area (Å²) in [5.74, 6) is 0.588. The van der Waals surface area contributed by atoms with E-state index in [9.17, 15) is 8.42 Å². The lowest BCUT2D eigenvalue weighted by Crippen LogP contribution is -2.45. The molecule has 0 atom stereocenters. The minimum atomic E-state index is -3.35. The van der Waals surface area contributed by atoms with Crippen LogP contribution in [0.2, 0.25) is 0 Å². The van der Waals surface area contributed by atoms with Crippen LogP contribution < -0.4 is 10.0 Å². The standard InChI is InChI=1S/C13H23N3O2S2/c1-11-9-19-10-13(11)8-15-20(17,18)16-5-3-12(4-6-16)7-14-2/h9-10,12,14-15H,3-8H2,1-2H3. The number of hydrogen-bond acceptors (Lipinski definition) is 4. The highest BCUT2D eigenvalue weighted by Crippen LogP contribution is 2.19. The van der Waals surface area contributed by atoms with Crippen molar-refractivity contribution in [1.82, 2.24) is 14.3 Å². The summed E-state index contributed by atoms with van der Waals surface area (Å²) in [7, 11) is -1.41. The molecule has 2 heterocycles. The monoisotopic (exact) mass is 317 g/mol. The van der Waals surface area contributed by atoms with Crippen LogP contribution in [0.25, 0.3) is 0 Å². The zero-order chi connectivity index (χ0) is 14.6. The highest BCUT2D eigenvalue weighted by molar-refractivity contribution is 7.87. The van der Waals surface area contributed by atoms with Gasteiger partial charge in [0.05, 0.1) is 0 Å². The Labute approximate surface area is 125 Å². The highest BCUT2D eigenvalue weighted by Gasteiger charge is 2.27. The lowest BCUT2D eigenvalue weighted by molar-refractivity contribution is 0.268. The van der Waals surface area contributed by atoms with Gasteiger partial charge in [0.25, 0.3) is 10.2 Å². The third-order valence-electron chi connectivity index (χ3n) is 3.81. The molecule has 0 radical (unpaired) electrons. The number of hydrogen-bond donors (Lipinski definition) is 2. The zero-order valence-electron chi connectivity index (χ0n) is 12.1. The molecule has 0 aromatic carbocycles. The first-order valence-electron chi connectivity index (χ1n) is 6.94. The molecule has 0 aliphatic carbocycles. The smallest absolute Gasteiger partial charge is 0.279 e. The molecule has 0 bridgehead atoms. The van der Waals surface area contributed by atoms with Gasteiger partial charge in [0, 0.05) is 19.6 Å². The number of rotatable bonds is 6. The molecule has 1 saturated heterocycles. The first-order chi connectivity index (χ1) is 9.53. The Morgan fingerprint density at radius 1 is 1.35 bits per heavy atom. The summed E-state index contributed by atoms with van der Waals surface area (Å²) >= 11 is 1.60. The van der Waals surface area contributed by atoms with Gasteiger partial charge in [0.1, 0.15) is 0 Å². The van der Waals surface area contributed by atoms with E-state index in [2.05, 4.69) is 10.0 Å². The Morgan fingerprint density at radius 3 is 2.60 bits per heavy atom. The van der Waals surface area contributed by atoms with Gasteiger partial charge in [0.2, 0.25) is 0 Å². The molecule has 1 aliphatic rings. The van der Waals surface area contributed by atoms with E-state index < -0.39 is 10.2 Å². The van der Waals surface area contributed by atoms with Gasteiger partial charge in [-0.1, -0.05) is 0 Å². The van der Waals surface area contributed by atoms with Crippen LogP contribution >= 0.6 is 11.3 Å². The molecule has 114 valence electrons. The summed E-state index contributed by atoms with van der Waals surface area (Å²) in [6.45, 7) is 4.58. The molecule has 1 aliphatic heterocycles. The van der Waals surface area contributed by atoms with Crippen LogP contribution in [0.4, 0.5) is 0 Å². The molecule has 7 heteroatoms. The number of thiophene rings is 1. The van der Waals surface area contributed by atoms with Crippen molar-refractivity contribution < 1.29 is 8.42 Å². The Morgan fingerprint density at radius 2 is 2.05 bits per heavy atom. The first kappa shape index (κ1) is 15.9. The Bertz CT molecular complexity index is 519. The summed E-state index contributed by atoms with van der Waals surface area (Å²) in [5.41, 5.74) is 2.20. The molecular formula is C13H23N3O2S2. The Hall–Kier alpha value is -0.470. The summed E-state index contributed by atoms with van der Waals surface area (Å²) < 4.78 is 28.8. The second-order valence-corrected chi connectivity index (χ2v) is 7.81. The third-order valence-corrected chi connectivity index (χ3v) is 6.28. The molecule has 5 nitrogen and oxygen atoms in total.